The highest BCUT2D eigenvalue weighted by atomic mass is 127. The molecule has 0 amide bonds. The summed E-state index contributed by atoms with van der Waals surface area (Å²) in [7, 11) is 5.24. The largest absolute Gasteiger partial charge is 0.356 e. The molecule has 9 heteroatoms. The smallest absolute Gasteiger partial charge is 0.191 e. The fourth-order valence-corrected chi connectivity index (χ4v) is 2.67. The summed E-state index contributed by atoms with van der Waals surface area (Å²) in [5, 5.41) is 10.5. The monoisotopic (exact) mass is 492 g/mol. The Morgan fingerprint density at radius 1 is 1.22 bits per heavy atom. The Morgan fingerprint density at radius 3 is 2.48 bits per heavy atom. The maximum atomic E-state index is 14.1. The third-order valence-electron chi connectivity index (χ3n) is 4.06. The van der Waals surface area contributed by atoms with E-state index in [2.05, 4.69) is 20.7 Å². The number of aliphatic imine (C=N–C) groups is 1. The van der Waals surface area contributed by atoms with Gasteiger partial charge >= 0.3 is 0 Å². The van der Waals surface area contributed by atoms with Crippen molar-refractivity contribution < 1.29 is 8.78 Å². The van der Waals surface area contributed by atoms with Crippen LogP contribution < -0.4 is 10.6 Å². The third kappa shape index (κ3) is 7.06. The van der Waals surface area contributed by atoms with Gasteiger partial charge in [-0.25, -0.2) is 8.78 Å². The minimum atomic E-state index is -0.548. The molecule has 1 unspecified atom stereocenters. The zero-order chi connectivity index (χ0) is 18.9. The van der Waals surface area contributed by atoms with Crippen LogP contribution in [-0.2, 0) is 6.54 Å². The van der Waals surface area contributed by atoms with Crippen LogP contribution in [0.1, 0.15) is 18.0 Å². The summed E-state index contributed by atoms with van der Waals surface area (Å²) < 4.78 is 30.1. The van der Waals surface area contributed by atoms with Crippen LogP contribution in [0.5, 0.6) is 0 Å². The summed E-state index contributed by atoms with van der Waals surface area (Å²) in [6.07, 6.45) is 4.54. The SMILES string of the molecule is CN=C(NCCCn1cccn1)NCC(c1c(F)cccc1F)N(C)C.I. The molecule has 6 nitrogen and oxygen atoms in total. The van der Waals surface area contributed by atoms with Gasteiger partial charge in [0.15, 0.2) is 5.96 Å². The zero-order valence-corrected chi connectivity index (χ0v) is 18.2. The molecule has 0 spiro atoms. The standard InChI is InChI=1S/C18H26F2N6.HI/c1-21-18(22-9-5-11-26-12-6-10-24-26)23-13-16(25(2)3)17-14(19)7-4-8-15(17)20;/h4,6-8,10,12,16H,5,9,11,13H2,1-3H3,(H2,21,22,23);1H. The lowest BCUT2D eigenvalue weighted by molar-refractivity contribution is 0.282. The number of nitrogens with one attached hydrogen (secondary N) is 2. The van der Waals surface area contributed by atoms with Crippen molar-refractivity contribution in [1.82, 2.24) is 25.3 Å². The molecule has 1 aromatic heterocycles. The van der Waals surface area contributed by atoms with Crippen molar-refractivity contribution in [2.45, 2.75) is 19.0 Å². The van der Waals surface area contributed by atoms with Gasteiger partial charge in [0.2, 0.25) is 0 Å². The van der Waals surface area contributed by atoms with Crippen LogP contribution in [0.3, 0.4) is 0 Å². The van der Waals surface area contributed by atoms with Crippen LogP contribution in [0.4, 0.5) is 8.78 Å². The molecule has 0 aliphatic heterocycles. The van der Waals surface area contributed by atoms with Crippen LogP contribution in [0.2, 0.25) is 0 Å². The predicted octanol–water partition coefficient (Wildman–Crippen LogP) is 2.64. The number of guanidine groups is 1. The average Bonchev–Trinajstić information content (AvgIpc) is 3.12. The van der Waals surface area contributed by atoms with Gasteiger partial charge in [0.05, 0.1) is 6.04 Å². The fourth-order valence-electron chi connectivity index (χ4n) is 2.67. The Hall–Kier alpha value is -1.75. The summed E-state index contributed by atoms with van der Waals surface area (Å²) in [5.41, 5.74) is 0.0548. The highest BCUT2D eigenvalue weighted by molar-refractivity contribution is 14.0. The third-order valence-corrected chi connectivity index (χ3v) is 4.06. The van der Waals surface area contributed by atoms with Gasteiger partial charge in [-0.2, -0.15) is 5.10 Å². The average molecular weight is 492 g/mol. The summed E-state index contributed by atoms with van der Waals surface area (Å²) in [6, 6.07) is 5.35. The highest BCUT2D eigenvalue weighted by Gasteiger charge is 2.22. The topological polar surface area (TPSA) is 57.5 Å². The molecular formula is C18H27F2IN6. The van der Waals surface area contributed by atoms with E-state index in [1.165, 1.54) is 18.2 Å². The summed E-state index contributed by atoms with van der Waals surface area (Å²) in [5.74, 6) is -0.505. The van der Waals surface area contributed by atoms with Gasteiger partial charge in [0.25, 0.3) is 0 Å². The number of aromatic nitrogens is 2. The van der Waals surface area contributed by atoms with Crippen molar-refractivity contribution in [1.29, 1.82) is 0 Å². The number of likely N-dealkylation sites (N-methyl/N-ethyl adjacent to an activating group) is 1. The minimum Gasteiger partial charge on any atom is -0.356 e. The van der Waals surface area contributed by atoms with Crippen molar-refractivity contribution >= 4 is 29.9 Å². The molecular weight excluding hydrogens is 465 g/mol. The maximum absolute atomic E-state index is 14.1. The first kappa shape index (κ1) is 23.3. The summed E-state index contributed by atoms with van der Waals surface area (Å²) in [6.45, 7) is 1.83. The van der Waals surface area contributed by atoms with Gasteiger partial charge in [0, 0.05) is 44.6 Å². The van der Waals surface area contributed by atoms with Gasteiger partial charge in [-0.1, -0.05) is 6.07 Å². The molecule has 0 bridgehead atoms. The molecule has 1 atom stereocenters. The molecule has 27 heavy (non-hydrogen) atoms. The maximum Gasteiger partial charge on any atom is 0.191 e. The van der Waals surface area contributed by atoms with Gasteiger partial charge in [-0.15, -0.1) is 24.0 Å². The molecule has 2 N–H and O–H groups in total. The number of benzene rings is 1. The number of hydrogen-bond acceptors (Lipinski definition) is 3. The van der Waals surface area contributed by atoms with Crippen LogP contribution in [-0.4, -0.2) is 54.9 Å². The van der Waals surface area contributed by atoms with E-state index in [0.717, 1.165) is 13.0 Å². The van der Waals surface area contributed by atoms with E-state index in [9.17, 15) is 8.78 Å². The minimum absolute atomic E-state index is 0. The van der Waals surface area contributed by atoms with E-state index < -0.39 is 17.7 Å². The second kappa shape index (κ2) is 11.9. The lowest BCUT2D eigenvalue weighted by Crippen LogP contribution is -2.42. The molecule has 0 saturated heterocycles. The molecule has 0 radical (unpaired) electrons. The molecule has 1 heterocycles. The van der Waals surface area contributed by atoms with E-state index in [-0.39, 0.29) is 29.5 Å². The van der Waals surface area contributed by atoms with Crippen LogP contribution in [0.25, 0.3) is 0 Å². The fraction of sp³-hybridized carbons (Fsp3) is 0.444. The van der Waals surface area contributed by atoms with Crippen molar-refractivity contribution in [3.05, 3.63) is 53.9 Å². The first-order valence-corrected chi connectivity index (χ1v) is 8.55. The van der Waals surface area contributed by atoms with Crippen molar-refractivity contribution in [3.8, 4) is 0 Å². The van der Waals surface area contributed by atoms with Crippen LogP contribution in [0.15, 0.2) is 41.7 Å². The Labute approximate surface area is 176 Å². The quantitative estimate of drug-likeness (QED) is 0.258. The van der Waals surface area contributed by atoms with Gasteiger partial charge < -0.3 is 15.5 Å². The van der Waals surface area contributed by atoms with Crippen molar-refractivity contribution in [2.75, 3.05) is 34.2 Å². The van der Waals surface area contributed by atoms with Crippen molar-refractivity contribution in [2.24, 2.45) is 4.99 Å². The number of hydrogen-bond donors (Lipinski definition) is 2. The molecule has 150 valence electrons. The first-order valence-electron chi connectivity index (χ1n) is 8.55. The lowest BCUT2D eigenvalue weighted by Gasteiger charge is -2.26. The number of rotatable bonds is 8. The van der Waals surface area contributed by atoms with E-state index in [4.69, 9.17) is 0 Å². The van der Waals surface area contributed by atoms with E-state index >= 15 is 0 Å². The Balaban J connectivity index is 0.00000364. The molecule has 2 aromatic rings. The Kier molecular flexibility index (Phi) is 10.2. The van der Waals surface area contributed by atoms with E-state index in [1.807, 2.05) is 16.9 Å². The summed E-state index contributed by atoms with van der Waals surface area (Å²) in [4.78, 5) is 5.94. The highest BCUT2D eigenvalue weighted by Crippen LogP contribution is 2.23. The first-order chi connectivity index (χ1) is 12.5. The second-order valence-corrected chi connectivity index (χ2v) is 6.12. The van der Waals surface area contributed by atoms with Crippen molar-refractivity contribution in [3.63, 3.8) is 0 Å². The van der Waals surface area contributed by atoms with E-state index in [1.54, 1.807) is 32.2 Å². The van der Waals surface area contributed by atoms with E-state index in [0.29, 0.717) is 19.0 Å². The van der Waals surface area contributed by atoms with Gasteiger partial charge in [-0.3, -0.25) is 9.67 Å². The number of nitrogens with zero attached hydrogens (tertiary/aromatic N) is 4. The normalized spacial score (nSPS) is 12.6. The molecule has 0 saturated carbocycles. The van der Waals surface area contributed by atoms with Gasteiger partial charge in [0.1, 0.15) is 11.6 Å². The number of aryl methyl sites for hydroxylation is 1. The van der Waals surface area contributed by atoms with Crippen LogP contribution >= 0.6 is 24.0 Å². The summed E-state index contributed by atoms with van der Waals surface area (Å²) >= 11 is 0. The molecule has 0 aliphatic rings. The second-order valence-electron chi connectivity index (χ2n) is 6.12. The lowest BCUT2D eigenvalue weighted by atomic mass is 10.0. The molecule has 0 aliphatic carbocycles. The zero-order valence-electron chi connectivity index (χ0n) is 15.8. The molecule has 2 rings (SSSR count). The van der Waals surface area contributed by atoms with Crippen LogP contribution in [0, 0.1) is 11.6 Å². The van der Waals surface area contributed by atoms with Gasteiger partial charge in [-0.05, 0) is 38.7 Å². The Bertz CT molecular complexity index is 686. The predicted molar refractivity (Wildman–Crippen MR) is 114 cm³/mol. The Morgan fingerprint density at radius 2 is 1.93 bits per heavy atom. The number of halogens is 3. The molecule has 0 fully saturated rings. The molecule has 1 aromatic carbocycles.